The van der Waals surface area contributed by atoms with E-state index in [9.17, 15) is 14.7 Å². The topological polar surface area (TPSA) is 82.6 Å². The summed E-state index contributed by atoms with van der Waals surface area (Å²) in [6, 6.07) is 1.77. The zero-order chi connectivity index (χ0) is 15.6. The van der Waals surface area contributed by atoms with Gasteiger partial charge in [-0.3, -0.25) is 9.59 Å². The molecular formula is C15H22N2O4. The highest BCUT2D eigenvalue weighted by Gasteiger charge is 2.33. The molecule has 2 heterocycles. The van der Waals surface area contributed by atoms with Gasteiger partial charge in [0, 0.05) is 45.3 Å². The van der Waals surface area contributed by atoms with E-state index in [1.54, 1.807) is 27.0 Å². The molecule has 1 aromatic rings. The van der Waals surface area contributed by atoms with Crippen molar-refractivity contribution in [3.8, 4) is 0 Å². The van der Waals surface area contributed by atoms with Crippen LogP contribution in [0.5, 0.6) is 0 Å². The van der Waals surface area contributed by atoms with Gasteiger partial charge in [0.1, 0.15) is 5.56 Å². The van der Waals surface area contributed by atoms with E-state index in [-0.39, 0.29) is 23.6 Å². The van der Waals surface area contributed by atoms with Crippen molar-refractivity contribution in [3.63, 3.8) is 0 Å². The summed E-state index contributed by atoms with van der Waals surface area (Å²) >= 11 is 0. The van der Waals surface area contributed by atoms with E-state index < -0.39 is 5.60 Å². The fraction of sp³-hybridized carbons (Fsp3) is 0.600. The normalized spacial score (nSPS) is 17.5. The Morgan fingerprint density at radius 2 is 2.05 bits per heavy atom. The highest BCUT2D eigenvalue weighted by Crippen LogP contribution is 2.22. The van der Waals surface area contributed by atoms with E-state index in [4.69, 9.17) is 4.74 Å². The molecule has 0 bridgehead atoms. The number of aromatic nitrogens is 1. The standard InChI is InChI=1S/C15H22N2O4/c1-10-8-11(2)16-13(18)12(10)14(19)17(3)9-15(20)4-6-21-7-5-15/h8,20H,4-7,9H2,1-3H3,(H,16,18). The first kappa shape index (κ1) is 15.7. The molecule has 1 saturated heterocycles. The largest absolute Gasteiger partial charge is 0.388 e. The molecule has 6 heteroatoms. The lowest BCUT2D eigenvalue weighted by molar-refractivity contribution is -0.0734. The number of nitrogens with zero attached hydrogens (tertiary/aromatic N) is 1. The summed E-state index contributed by atoms with van der Waals surface area (Å²) in [7, 11) is 1.61. The van der Waals surface area contributed by atoms with Gasteiger partial charge in [-0.2, -0.15) is 0 Å². The van der Waals surface area contributed by atoms with Gasteiger partial charge in [0.25, 0.3) is 11.5 Å². The van der Waals surface area contributed by atoms with E-state index in [1.165, 1.54) is 4.90 Å². The zero-order valence-corrected chi connectivity index (χ0v) is 12.7. The Bertz CT molecular complexity index is 588. The maximum Gasteiger partial charge on any atom is 0.261 e. The van der Waals surface area contributed by atoms with Crippen LogP contribution in [0.15, 0.2) is 10.9 Å². The fourth-order valence-corrected chi connectivity index (χ4v) is 2.73. The third-order valence-corrected chi connectivity index (χ3v) is 3.88. The van der Waals surface area contributed by atoms with Crippen molar-refractivity contribution >= 4 is 5.91 Å². The summed E-state index contributed by atoms with van der Waals surface area (Å²) in [5, 5.41) is 10.5. The van der Waals surface area contributed by atoms with Crippen LogP contribution in [-0.4, -0.2) is 53.3 Å². The second-order valence-electron chi connectivity index (χ2n) is 5.84. The summed E-state index contributed by atoms with van der Waals surface area (Å²) in [6.07, 6.45) is 0.988. The quantitative estimate of drug-likeness (QED) is 0.855. The van der Waals surface area contributed by atoms with Crippen LogP contribution in [0.25, 0.3) is 0 Å². The Hall–Kier alpha value is -1.66. The minimum absolute atomic E-state index is 0.138. The smallest absolute Gasteiger partial charge is 0.261 e. The van der Waals surface area contributed by atoms with Gasteiger partial charge >= 0.3 is 0 Å². The monoisotopic (exact) mass is 294 g/mol. The van der Waals surface area contributed by atoms with Crippen LogP contribution in [0.4, 0.5) is 0 Å². The lowest BCUT2D eigenvalue weighted by Crippen LogP contribution is -2.48. The predicted octanol–water partition coefficient (Wildman–Crippen LogP) is 0.605. The van der Waals surface area contributed by atoms with E-state index in [2.05, 4.69) is 4.98 Å². The molecule has 0 radical (unpaired) electrons. The van der Waals surface area contributed by atoms with Crippen LogP contribution >= 0.6 is 0 Å². The number of ether oxygens (including phenoxy) is 1. The van der Waals surface area contributed by atoms with E-state index >= 15 is 0 Å². The number of hydrogen-bond acceptors (Lipinski definition) is 4. The molecule has 1 aliphatic heterocycles. The zero-order valence-electron chi connectivity index (χ0n) is 12.7. The van der Waals surface area contributed by atoms with Gasteiger partial charge in [-0.15, -0.1) is 0 Å². The van der Waals surface area contributed by atoms with Gasteiger partial charge in [0.15, 0.2) is 0 Å². The summed E-state index contributed by atoms with van der Waals surface area (Å²) in [4.78, 5) is 28.5. The molecule has 1 fully saturated rings. The molecule has 2 N–H and O–H groups in total. The van der Waals surface area contributed by atoms with Gasteiger partial charge in [-0.1, -0.05) is 0 Å². The SMILES string of the molecule is Cc1cc(C)c(C(=O)N(C)CC2(O)CCOCC2)c(=O)[nH]1. The number of H-pyrrole nitrogens is 1. The van der Waals surface area contributed by atoms with Crippen LogP contribution in [0.1, 0.15) is 34.5 Å². The lowest BCUT2D eigenvalue weighted by atomic mass is 9.93. The molecule has 0 saturated carbocycles. The first-order valence-electron chi connectivity index (χ1n) is 7.08. The number of aryl methyl sites for hydroxylation is 2. The molecule has 1 amide bonds. The van der Waals surface area contributed by atoms with Crippen LogP contribution in [0.3, 0.4) is 0 Å². The second-order valence-corrected chi connectivity index (χ2v) is 5.84. The van der Waals surface area contributed by atoms with Gasteiger partial charge in [0.05, 0.1) is 5.60 Å². The number of amides is 1. The van der Waals surface area contributed by atoms with Crippen LogP contribution in [0, 0.1) is 13.8 Å². The fourth-order valence-electron chi connectivity index (χ4n) is 2.73. The van der Waals surface area contributed by atoms with Crippen LogP contribution in [0.2, 0.25) is 0 Å². The van der Waals surface area contributed by atoms with Gasteiger partial charge in [-0.05, 0) is 25.5 Å². The number of hydrogen-bond donors (Lipinski definition) is 2. The Labute approximate surface area is 123 Å². The first-order chi connectivity index (χ1) is 9.82. The number of aromatic amines is 1. The van der Waals surface area contributed by atoms with E-state index in [1.807, 2.05) is 0 Å². The number of likely N-dealkylation sites (N-methyl/N-ethyl adjacent to an activating group) is 1. The van der Waals surface area contributed by atoms with E-state index in [0.717, 1.165) is 5.69 Å². The van der Waals surface area contributed by atoms with Crippen molar-refractivity contribution < 1.29 is 14.6 Å². The van der Waals surface area contributed by atoms with Gasteiger partial charge in [0.2, 0.25) is 0 Å². The predicted molar refractivity (Wildman–Crippen MR) is 78.5 cm³/mol. The Kier molecular flexibility index (Phi) is 4.49. The Morgan fingerprint density at radius 1 is 1.43 bits per heavy atom. The van der Waals surface area contributed by atoms with Gasteiger partial charge in [-0.25, -0.2) is 0 Å². The Balaban J connectivity index is 2.18. The minimum Gasteiger partial charge on any atom is -0.388 e. The lowest BCUT2D eigenvalue weighted by Gasteiger charge is -2.35. The maximum atomic E-state index is 12.5. The summed E-state index contributed by atoms with van der Waals surface area (Å²) in [5.74, 6) is -0.367. The minimum atomic E-state index is -0.936. The van der Waals surface area contributed by atoms with Crippen molar-refractivity contribution in [2.45, 2.75) is 32.3 Å². The number of carbonyl (C=O) groups is 1. The second kappa shape index (κ2) is 5.99. The number of carbonyl (C=O) groups excluding carboxylic acids is 1. The average Bonchev–Trinajstić information content (AvgIpc) is 2.37. The number of pyridine rings is 1. The molecule has 0 aromatic carbocycles. The maximum absolute atomic E-state index is 12.5. The molecule has 1 aromatic heterocycles. The van der Waals surface area contributed by atoms with Crippen molar-refractivity contribution in [2.24, 2.45) is 0 Å². The van der Waals surface area contributed by atoms with Crippen molar-refractivity contribution in [3.05, 3.63) is 33.2 Å². The highest BCUT2D eigenvalue weighted by atomic mass is 16.5. The molecule has 21 heavy (non-hydrogen) atoms. The Morgan fingerprint density at radius 3 is 2.62 bits per heavy atom. The van der Waals surface area contributed by atoms with Crippen molar-refractivity contribution in [2.75, 3.05) is 26.8 Å². The van der Waals surface area contributed by atoms with Crippen LogP contribution < -0.4 is 5.56 Å². The van der Waals surface area contributed by atoms with Gasteiger partial charge < -0.3 is 19.7 Å². The van der Waals surface area contributed by atoms with Crippen molar-refractivity contribution in [1.29, 1.82) is 0 Å². The average molecular weight is 294 g/mol. The summed E-state index contributed by atoms with van der Waals surface area (Å²) in [5.41, 5.74) is 0.183. The number of rotatable bonds is 3. The summed E-state index contributed by atoms with van der Waals surface area (Å²) in [6.45, 7) is 4.69. The molecule has 2 rings (SSSR count). The third-order valence-electron chi connectivity index (χ3n) is 3.88. The molecule has 0 spiro atoms. The first-order valence-corrected chi connectivity index (χ1v) is 7.08. The molecular weight excluding hydrogens is 272 g/mol. The summed E-state index contributed by atoms with van der Waals surface area (Å²) < 4.78 is 5.22. The molecule has 116 valence electrons. The molecule has 0 unspecified atom stereocenters. The van der Waals surface area contributed by atoms with E-state index in [0.29, 0.717) is 31.6 Å². The number of nitrogens with one attached hydrogen (secondary N) is 1. The molecule has 0 aliphatic carbocycles. The molecule has 6 nitrogen and oxygen atoms in total. The third kappa shape index (κ3) is 3.51. The highest BCUT2D eigenvalue weighted by molar-refractivity contribution is 5.95. The molecule has 1 aliphatic rings. The number of aliphatic hydroxyl groups is 1. The van der Waals surface area contributed by atoms with Crippen LogP contribution in [-0.2, 0) is 4.74 Å². The van der Waals surface area contributed by atoms with Crippen molar-refractivity contribution in [1.82, 2.24) is 9.88 Å². The molecule has 0 atom stereocenters.